The summed E-state index contributed by atoms with van der Waals surface area (Å²) in [7, 11) is 0. The van der Waals surface area contributed by atoms with Gasteiger partial charge in [0.2, 0.25) is 0 Å². The standard InChI is InChI=1S/C15H17NO3/c1-9-4-6-12(15(17)18)8-13(9)16-11(3)14-7-5-10(2)19-14/h4-8,11,16H,1-3H3,(H,17,18). The molecule has 2 N–H and O–H groups in total. The Balaban J connectivity index is 2.22. The lowest BCUT2D eigenvalue weighted by atomic mass is 10.1. The van der Waals surface area contributed by atoms with E-state index in [1.807, 2.05) is 32.9 Å². The summed E-state index contributed by atoms with van der Waals surface area (Å²) in [6.45, 7) is 5.81. The Morgan fingerprint density at radius 2 is 2.00 bits per heavy atom. The van der Waals surface area contributed by atoms with Gasteiger partial charge in [-0.05, 0) is 50.6 Å². The zero-order valence-corrected chi connectivity index (χ0v) is 11.2. The molecule has 0 radical (unpaired) electrons. The fraction of sp³-hybridized carbons (Fsp3) is 0.267. The van der Waals surface area contributed by atoms with Crippen LogP contribution in [0.1, 0.15) is 40.4 Å². The number of rotatable bonds is 4. The van der Waals surface area contributed by atoms with Crippen LogP contribution in [0.2, 0.25) is 0 Å². The molecule has 1 atom stereocenters. The van der Waals surface area contributed by atoms with Gasteiger partial charge in [0.25, 0.3) is 0 Å². The summed E-state index contributed by atoms with van der Waals surface area (Å²) in [4.78, 5) is 11.0. The number of nitrogens with one attached hydrogen (secondary N) is 1. The summed E-state index contributed by atoms with van der Waals surface area (Å²) in [6, 6.07) is 8.86. The number of hydrogen-bond acceptors (Lipinski definition) is 3. The topological polar surface area (TPSA) is 62.5 Å². The largest absolute Gasteiger partial charge is 0.478 e. The molecule has 2 aromatic rings. The average molecular weight is 259 g/mol. The van der Waals surface area contributed by atoms with Crippen LogP contribution in [-0.2, 0) is 0 Å². The molecule has 4 nitrogen and oxygen atoms in total. The van der Waals surface area contributed by atoms with Crippen molar-refractivity contribution in [3.05, 3.63) is 53.0 Å². The van der Waals surface area contributed by atoms with Crippen LogP contribution in [0.5, 0.6) is 0 Å². The van der Waals surface area contributed by atoms with Crippen LogP contribution in [0.25, 0.3) is 0 Å². The predicted octanol–water partition coefficient (Wildman–Crippen LogP) is 3.77. The first-order valence-corrected chi connectivity index (χ1v) is 6.14. The van der Waals surface area contributed by atoms with E-state index in [1.165, 1.54) is 0 Å². The van der Waals surface area contributed by atoms with Crippen molar-refractivity contribution in [1.82, 2.24) is 0 Å². The molecule has 0 bridgehead atoms. The summed E-state index contributed by atoms with van der Waals surface area (Å²) >= 11 is 0. The monoisotopic (exact) mass is 259 g/mol. The number of carbonyl (C=O) groups is 1. The van der Waals surface area contributed by atoms with E-state index in [4.69, 9.17) is 9.52 Å². The van der Waals surface area contributed by atoms with E-state index in [0.717, 1.165) is 22.8 Å². The first-order chi connectivity index (χ1) is 8.97. The van der Waals surface area contributed by atoms with Gasteiger partial charge in [0, 0.05) is 5.69 Å². The van der Waals surface area contributed by atoms with E-state index in [9.17, 15) is 4.79 Å². The Hall–Kier alpha value is -2.23. The second-order valence-electron chi connectivity index (χ2n) is 4.65. The third-order valence-electron chi connectivity index (χ3n) is 3.04. The molecule has 19 heavy (non-hydrogen) atoms. The number of aromatic carboxylic acids is 1. The Bertz CT molecular complexity index is 601. The third-order valence-corrected chi connectivity index (χ3v) is 3.04. The summed E-state index contributed by atoms with van der Waals surface area (Å²) < 4.78 is 5.56. The Labute approximate surface area is 112 Å². The van der Waals surface area contributed by atoms with E-state index in [1.54, 1.807) is 18.2 Å². The molecule has 0 fully saturated rings. The van der Waals surface area contributed by atoms with E-state index in [2.05, 4.69) is 5.32 Å². The van der Waals surface area contributed by atoms with E-state index in [0.29, 0.717) is 0 Å². The number of anilines is 1. The maximum absolute atomic E-state index is 11.0. The molecule has 0 aliphatic heterocycles. The third kappa shape index (κ3) is 2.96. The molecule has 100 valence electrons. The summed E-state index contributed by atoms with van der Waals surface area (Å²) in [5, 5.41) is 12.3. The first kappa shape index (κ1) is 13.2. The highest BCUT2D eigenvalue weighted by molar-refractivity contribution is 5.89. The van der Waals surface area contributed by atoms with Gasteiger partial charge in [-0.2, -0.15) is 0 Å². The maximum Gasteiger partial charge on any atom is 0.335 e. The SMILES string of the molecule is Cc1ccc(C(C)Nc2cc(C(=O)O)ccc2C)o1. The second kappa shape index (κ2) is 5.18. The zero-order valence-electron chi connectivity index (χ0n) is 11.2. The molecule has 0 spiro atoms. The van der Waals surface area contributed by atoms with Gasteiger partial charge in [0.05, 0.1) is 11.6 Å². The molecule has 1 heterocycles. The molecule has 0 saturated heterocycles. The van der Waals surface area contributed by atoms with Crippen molar-refractivity contribution < 1.29 is 14.3 Å². The van der Waals surface area contributed by atoms with Crippen molar-refractivity contribution in [2.45, 2.75) is 26.8 Å². The molecular weight excluding hydrogens is 242 g/mol. The summed E-state index contributed by atoms with van der Waals surface area (Å²) in [5.74, 6) is 0.766. The second-order valence-corrected chi connectivity index (χ2v) is 4.65. The van der Waals surface area contributed by atoms with E-state index >= 15 is 0 Å². The molecule has 0 saturated carbocycles. The van der Waals surface area contributed by atoms with Crippen LogP contribution in [0.15, 0.2) is 34.7 Å². The lowest BCUT2D eigenvalue weighted by Gasteiger charge is -2.15. The minimum atomic E-state index is -0.926. The lowest BCUT2D eigenvalue weighted by Crippen LogP contribution is -2.08. The van der Waals surface area contributed by atoms with Crippen molar-refractivity contribution in [2.75, 3.05) is 5.32 Å². The van der Waals surface area contributed by atoms with Gasteiger partial charge in [0.1, 0.15) is 11.5 Å². The smallest absolute Gasteiger partial charge is 0.335 e. The van der Waals surface area contributed by atoms with Crippen molar-refractivity contribution in [3.63, 3.8) is 0 Å². The minimum Gasteiger partial charge on any atom is -0.478 e. The van der Waals surface area contributed by atoms with Gasteiger partial charge in [-0.15, -0.1) is 0 Å². The lowest BCUT2D eigenvalue weighted by molar-refractivity contribution is 0.0697. The highest BCUT2D eigenvalue weighted by Crippen LogP contribution is 2.24. The number of carboxylic acid groups (broad SMARTS) is 1. The zero-order chi connectivity index (χ0) is 14.0. The Kier molecular flexibility index (Phi) is 3.60. The van der Waals surface area contributed by atoms with Crippen molar-refractivity contribution >= 4 is 11.7 Å². The van der Waals surface area contributed by atoms with Crippen molar-refractivity contribution in [3.8, 4) is 0 Å². The number of carboxylic acids is 1. The van der Waals surface area contributed by atoms with Crippen LogP contribution in [0, 0.1) is 13.8 Å². The fourth-order valence-corrected chi connectivity index (χ4v) is 1.90. The number of benzene rings is 1. The number of hydrogen-bond donors (Lipinski definition) is 2. The Morgan fingerprint density at radius 3 is 2.58 bits per heavy atom. The quantitative estimate of drug-likeness (QED) is 0.877. The van der Waals surface area contributed by atoms with Gasteiger partial charge >= 0.3 is 5.97 Å². The highest BCUT2D eigenvalue weighted by atomic mass is 16.4. The van der Waals surface area contributed by atoms with E-state index in [-0.39, 0.29) is 11.6 Å². The minimum absolute atomic E-state index is 0.0172. The number of aryl methyl sites for hydroxylation is 2. The highest BCUT2D eigenvalue weighted by Gasteiger charge is 2.12. The molecule has 1 aromatic carbocycles. The van der Waals surface area contributed by atoms with Crippen LogP contribution >= 0.6 is 0 Å². The number of furan rings is 1. The molecule has 0 amide bonds. The van der Waals surface area contributed by atoms with Crippen molar-refractivity contribution in [2.24, 2.45) is 0 Å². The Morgan fingerprint density at radius 1 is 1.26 bits per heavy atom. The van der Waals surface area contributed by atoms with Gasteiger partial charge in [-0.1, -0.05) is 6.07 Å². The van der Waals surface area contributed by atoms with Gasteiger partial charge < -0.3 is 14.8 Å². The van der Waals surface area contributed by atoms with Gasteiger partial charge in [-0.3, -0.25) is 0 Å². The molecule has 4 heteroatoms. The van der Waals surface area contributed by atoms with Crippen LogP contribution in [0.3, 0.4) is 0 Å². The van der Waals surface area contributed by atoms with E-state index < -0.39 is 5.97 Å². The van der Waals surface area contributed by atoms with Crippen LogP contribution in [0.4, 0.5) is 5.69 Å². The first-order valence-electron chi connectivity index (χ1n) is 6.14. The molecule has 1 aromatic heterocycles. The van der Waals surface area contributed by atoms with Crippen molar-refractivity contribution in [1.29, 1.82) is 0 Å². The maximum atomic E-state index is 11.0. The predicted molar refractivity (Wildman–Crippen MR) is 73.6 cm³/mol. The summed E-state index contributed by atoms with van der Waals surface area (Å²) in [5.41, 5.74) is 2.08. The molecule has 1 unspecified atom stereocenters. The molecule has 0 aliphatic rings. The van der Waals surface area contributed by atoms with Gasteiger partial charge in [0.15, 0.2) is 0 Å². The van der Waals surface area contributed by atoms with Crippen LogP contribution < -0.4 is 5.32 Å². The fourth-order valence-electron chi connectivity index (χ4n) is 1.90. The molecular formula is C15H17NO3. The van der Waals surface area contributed by atoms with Crippen LogP contribution in [-0.4, -0.2) is 11.1 Å². The summed E-state index contributed by atoms with van der Waals surface area (Å²) in [6.07, 6.45) is 0. The van der Waals surface area contributed by atoms with Gasteiger partial charge in [-0.25, -0.2) is 4.79 Å². The molecule has 2 rings (SSSR count). The average Bonchev–Trinajstić information content (AvgIpc) is 2.78. The normalized spacial score (nSPS) is 12.2. The molecule has 0 aliphatic carbocycles.